The summed E-state index contributed by atoms with van der Waals surface area (Å²) in [7, 11) is 0. The number of benzene rings is 2. The van der Waals surface area contributed by atoms with Gasteiger partial charge in [-0.05, 0) is 58.4 Å². The van der Waals surface area contributed by atoms with Crippen LogP contribution in [0.5, 0.6) is 0 Å². The largest absolute Gasteiger partial charge is 0.456 e. The summed E-state index contributed by atoms with van der Waals surface area (Å²) in [6.07, 6.45) is 1.93. The molecule has 0 bridgehead atoms. The highest BCUT2D eigenvalue weighted by atomic mass is 35.5. The van der Waals surface area contributed by atoms with Crippen molar-refractivity contribution < 1.29 is 9.21 Å². The lowest BCUT2D eigenvalue weighted by Gasteiger charge is -2.26. The van der Waals surface area contributed by atoms with Gasteiger partial charge in [0.05, 0.1) is 12.6 Å². The first-order valence-corrected chi connectivity index (χ1v) is 12.2. The van der Waals surface area contributed by atoms with Crippen LogP contribution in [-0.2, 0) is 11.3 Å². The Labute approximate surface area is 216 Å². The van der Waals surface area contributed by atoms with E-state index in [1.165, 1.54) is 0 Å². The molecule has 5 rings (SSSR count). The van der Waals surface area contributed by atoms with Gasteiger partial charge in [0.15, 0.2) is 5.82 Å². The van der Waals surface area contributed by atoms with Crippen molar-refractivity contribution >= 4 is 46.7 Å². The third-order valence-corrected chi connectivity index (χ3v) is 6.75. The zero-order valence-electron chi connectivity index (χ0n) is 20.1. The molecule has 3 heterocycles. The highest BCUT2D eigenvalue weighted by Crippen LogP contribution is 2.33. The molecule has 6 nitrogen and oxygen atoms in total. The van der Waals surface area contributed by atoms with Crippen molar-refractivity contribution in [1.82, 2.24) is 14.7 Å². The van der Waals surface area contributed by atoms with E-state index in [1.54, 1.807) is 0 Å². The van der Waals surface area contributed by atoms with E-state index in [-0.39, 0.29) is 24.4 Å². The van der Waals surface area contributed by atoms with Crippen LogP contribution < -0.4 is 5.32 Å². The Bertz CT molecular complexity index is 1330. The van der Waals surface area contributed by atoms with Gasteiger partial charge in [0.1, 0.15) is 11.3 Å². The van der Waals surface area contributed by atoms with Crippen LogP contribution in [0.2, 0.25) is 5.02 Å². The second-order valence-electron chi connectivity index (χ2n) is 9.27. The number of furan rings is 1. The van der Waals surface area contributed by atoms with Crippen LogP contribution in [-0.4, -0.2) is 39.2 Å². The van der Waals surface area contributed by atoms with Gasteiger partial charge >= 0.3 is 0 Å². The number of rotatable bonds is 6. The summed E-state index contributed by atoms with van der Waals surface area (Å²) < 4.78 is 8.13. The first kappa shape index (κ1) is 25.3. The van der Waals surface area contributed by atoms with Crippen LogP contribution in [0.3, 0.4) is 0 Å². The van der Waals surface area contributed by atoms with Gasteiger partial charge in [-0.2, -0.15) is 5.10 Å². The zero-order valence-corrected chi connectivity index (χ0v) is 21.7. The van der Waals surface area contributed by atoms with Gasteiger partial charge in [-0.3, -0.25) is 14.4 Å². The molecule has 0 radical (unpaired) electrons. The van der Waals surface area contributed by atoms with Crippen LogP contribution in [0.15, 0.2) is 59.0 Å². The Kier molecular flexibility index (Phi) is 7.55. The van der Waals surface area contributed by atoms with Gasteiger partial charge < -0.3 is 9.73 Å². The van der Waals surface area contributed by atoms with Crippen molar-refractivity contribution in [2.45, 2.75) is 52.2 Å². The molecular formula is C27H30Cl2N4O2. The molecule has 4 aromatic rings. The Morgan fingerprint density at radius 3 is 2.71 bits per heavy atom. The van der Waals surface area contributed by atoms with Crippen molar-refractivity contribution in [3.63, 3.8) is 0 Å². The van der Waals surface area contributed by atoms with Crippen LogP contribution in [0.4, 0.5) is 5.82 Å². The highest BCUT2D eigenvalue weighted by molar-refractivity contribution is 6.31. The van der Waals surface area contributed by atoms with Gasteiger partial charge in [-0.25, -0.2) is 0 Å². The Balaban J connectivity index is 0.00000289. The molecule has 2 aromatic heterocycles. The fraction of sp³-hybridized carbons (Fsp3) is 0.333. The summed E-state index contributed by atoms with van der Waals surface area (Å²) in [6.45, 7) is 7.70. The number of aromatic nitrogens is 2. The van der Waals surface area contributed by atoms with E-state index in [2.05, 4.69) is 29.2 Å². The number of halogens is 2. The van der Waals surface area contributed by atoms with Crippen molar-refractivity contribution in [2.75, 3.05) is 11.9 Å². The minimum absolute atomic E-state index is 0. The molecule has 1 aliphatic heterocycles. The standard InChI is InChI=1S/C27H29ClN4O2.ClH/c1-17(2)31-11-7-10-23(31)27(33)29-25-12-18(3)32(30-25)16-21-14-22(28)13-20-15-24(34-26(20)21)19-8-5-4-6-9-19;/h4-6,8-9,12-15,17,23H,7,10-11,16H2,1-3H3,(H,29,30,33);1H/t23-;/m0./s1. The lowest BCUT2D eigenvalue weighted by atomic mass is 10.1. The monoisotopic (exact) mass is 512 g/mol. The summed E-state index contributed by atoms with van der Waals surface area (Å²) in [5, 5.41) is 9.30. The number of hydrogen-bond acceptors (Lipinski definition) is 4. The summed E-state index contributed by atoms with van der Waals surface area (Å²) in [5.74, 6) is 1.39. The first-order chi connectivity index (χ1) is 16.4. The number of anilines is 1. The van der Waals surface area contributed by atoms with E-state index in [9.17, 15) is 4.79 Å². The molecule has 2 aromatic carbocycles. The average molecular weight is 513 g/mol. The van der Waals surface area contributed by atoms with E-state index in [0.29, 0.717) is 23.4 Å². The molecule has 0 spiro atoms. The van der Waals surface area contributed by atoms with Crippen molar-refractivity contribution in [3.05, 3.63) is 70.9 Å². The first-order valence-electron chi connectivity index (χ1n) is 11.8. The van der Waals surface area contributed by atoms with Crippen LogP contribution in [0, 0.1) is 6.92 Å². The molecule has 35 heavy (non-hydrogen) atoms. The Hall–Kier alpha value is -2.80. The second-order valence-corrected chi connectivity index (χ2v) is 9.70. The lowest BCUT2D eigenvalue weighted by molar-refractivity contribution is -0.120. The molecule has 8 heteroatoms. The summed E-state index contributed by atoms with van der Waals surface area (Å²) in [4.78, 5) is 15.2. The third-order valence-electron chi connectivity index (χ3n) is 6.53. The molecule has 1 amide bonds. The van der Waals surface area contributed by atoms with Crippen molar-refractivity contribution in [3.8, 4) is 11.3 Å². The molecule has 1 aliphatic rings. The molecule has 1 atom stereocenters. The molecule has 1 saturated heterocycles. The summed E-state index contributed by atoms with van der Waals surface area (Å²) in [5.41, 5.74) is 3.70. The van der Waals surface area contributed by atoms with E-state index < -0.39 is 0 Å². The molecule has 0 aliphatic carbocycles. The number of carbonyl (C=O) groups excluding carboxylic acids is 1. The Morgan fingerprint density at radius 2 is 1.97 bits per heavy atom. The maximum Gasteiger partial charge on any atom is 0.242 e. The molecular weight excluding hydrogens is 483 g/mol. The number of aryl methyl sites for hydroxylation is 1. The molecule has 0 unspecified atom stereocenters. The van der Waals surface area contributed by atoms with Gasteiger partial charge in [-0.1, -0.05) is 41.9 Å². The maximum absolute atomic E-state index is 12.9. The van der Waals surface area contributed by atoms with Gasteiger partial charge in [-0.15, -0.1) is 12.4 Å². The van der Waals surface area contributed by atoms with Crippen LogP contribution in [0.1, 0.15) is 37.9 Å². The van der Waals surface area contributed by atoms with E-state index in [4.69, 9.17) is 16.0 Å². The quantitative estimate of drug-likeness (QED) is 0.318. The van der Waals surface area contributed by atoms with E-state index in [0.717, 1.165) is 52.9 Å². The third kappa shape index (κ3) is 5.25. The summed E-state index contributed by atoms with van der Waals surface area (Å²) >= 11 is 6.44. The summed E-state index contributed by atoms with van der Waals surface area (Å²) in [6, 6.07) is 18.0. The SMILES string of the molecule is Cc1cc(NC(=O)[C@@H]2CCCN2C(C)C)nn1Cc1cc(Cl)cc2cc(-c3ccccc3)oc12.Cl. The van der Waals surface area contributed by atoms with Gasteiger partial charge in [0.25, 0.3) is 0 Å². The predicted molar refractivity (Wildman–Crippen MR) is 143 cm³/mol. The number of nitrogens with one attached hydrogen (secondary N) is 1. The second kappa shape index (κ2) is 10.4. The normalized spacial score (nSPS) is 16.1. The number of likely N-dealkylation sites (tertiary alicyclic amines) is 1. The number of nitrogens with zero attached hydrogens (tertiary/aromatic N) is 3. The topological polar surface area (TPSA) is 63.3 Å². The smallest absolute Gasteiger partial charge is 0.242 e. The van der Waals surface area contributed by atoms with E-state index >= 15 is 0 Å². The van der Waals surface area contributed by atoms with Crippen LogP contribution >= 0.6 is 24.0 Å². The number of amides is 1. The number of carbonyl (C=O) groups is 1. The van der Waals surface area contributed by atoms with E-state index in [1.807, 2.05) is 66.2 Å². The zero-order chi connectivity index (χ0) is 23.8. The molecule has 1 N–H and O–H groups in total. The van der Waals surface area contributed by atoms with Crippen molar-refractivity contribution in [1.29, 1.82) is 0 Å². The predicted octanol–water partition coefficient (Wildman–Crippen LogP) is 6.54. The maximum atomic E-state index is 12.9. The molecule has 0 saturated carbocycles. The van der Waals surface area contributed by atoms with Gasteiger partial charge in [0.2, 0.25) is 5.91 Å². The van der Waals surface area contributed by atoms with Crippen molar-refractivity contribution in [2.24, 2.45) is 0 Å². The number of hydrogen-bond donors (Lipinski definition) is 1. The fourth-order valence-corrected chi connectivity index (χ4v) is 5.09. The average Bonchev–Trinajstić information content (AvgIpc) is 3.53. The lowest BCUT2D eigenvalue weighted by Crippen LogP contribution is -2.43. The minimum atomic E-state index is -0.0995. The fourth-order valence-electron chi connectivity index (χ4n) is 4.84. The number of fused-ring (bicyclic) bond motifs is 1. The minimum Gasteiger partial charge on any atom is -0.456 e. The van der Waals surface area contributed by atoms with Gasteiger partial charge in [0, 0.05) is 39.3 Å². The Morgan fingerprint density at radius 1 is 1.20 bits per heavy atom. The van der Waals surface area contributed by atoms with Crippen LogP contribution in [0.25, 0.3) is 22.3 Å². The highest BCUT2D eigenvalue weighted by Gasteiger charge is 2.32. The molecule has 1 fully saturated rings. The molecule has 184 valence electrons.